The SMILES string of the molecule is Cc1nn(CCN)c(C)c1-c1c[nH]c2ccccc12. The van der Waals surface area contributed by atoms with Gasteiger partial charge in [-0.15, -0.1) is 0 Å². The van der Waals surface area contributed by atoms with Crippen LogP contribution in [-0.2, 0) is 6.54 Å². The van der Waals surface area contributed by atoms with Crippen LogP contribution in [0.3, 0.4) is 0 Å². The van der Waals surface area contributed by atoms with E-state index in [1.54, 1.807) is 0 Å². The molecule has 4 nitrogen and oxygen atoms in total. The molecule has 0 radical (unpaired) electrons. The van der Waals surface area contributed by atoms with Gasteiger partial charge in [0.15, 0.2) is 0 Å². The summed E-state index contributed by atoms with van der Waals surface area (Å²) in [5.74, 6) is 0. The van der Waals surface area contributed by atoms with Crippen LogP contribution in [0.5, 0.6) is 0 Å². The van der Waals surface area contributed by atoms with Gasteiger partial charge in [0.1, 0.15) is 0 Å². The summed E-state index contributed by atoms with van der Waals surface area (Å²) in [5, 5.41) is 5.82. The summed E-state index contributed by atoms with van der Waals surface area (Å²) in [7, 11) is 0. The Kier molecular flexibility index (Phi) is 2.87. The van der Waals surface area contributed by atoms with E-state index in [1.165, 1.54) is 22.2 Å². The lowest BCUT2D eigenvalue weighted by atomic mass is 10.0. The minimum absolute atomic E-state index is 0.606. The summed E-state index contributed by atoms with van der Waals surface area (Å²) in [6, 6.07) is 8.34. The van der Waals surface area contributed by atoms with Gasteiger partial charge in [0.05, 0.1) is 12.2 Å². The van der Waals surface area contributed by atoms with Crippen LogP contribution in [0.2, 0.25) is 0 Å². The summed E-state index contributed by atoms with van der Waals surface area (Å²) >= 11 is 0. The molecule has 0 amide bonds. The highest BCUT2D eigenvalue weighted by atomic mass is 15.3. The fourth-order valence-corrected chi connectivity index (χ4v) is 2.71. The van der Waals surface area contributed by atoms with Crippen molar-refractivity contribution in [3.05, 3.63) is 41.9 Å². The minimum atomic E-state index is 0.606. The molecule has 3 rings (SSSR count). The third-order valence-electron chi connectivity index (χ3n) is 3.58. The molecule has 0 aliphatic rings. The number of rotatable bonds is 3. The molecule has 2 aromatic heterocycles. The highest BCUT2D eigenvalue weighted by molar-refractivity contribution is 5.96. The maximum atomic E-state index is 5.63. The van der Waals surface area contributed by atoms with Gasteiger partial charge in [0, 0.05) is 40.5 Å². The van der Waals surface area contributed by atoms with E-state index < -0.39 is 0 Å². The van der Waals surface area contributed by atoms with Crippen molar-refractivity contribution in [2.75, 3.05) is 6.54 Å². The van der Waals surface area contributed by atoms with E-state index in [2.05, 4.69) is 48.3 Å². The second-order valence-corrected chi connectivity index (χ2v) is 4.81. The van der Waals surface area contributed by atoms with Gasteiger partial charge >= 0.3 is 0 Å². The van der Waals surface area contributed by atoms with E-state index in [-0.39, 0.29) is 0 Å². The molecule has 3 N–H and O–H groups in total. The van der Waals surface area contributed by atoms with E-state index in [0.717, 1.165) is 17.8 Å². The fraction of sp³-hybridized carbons (Fsp3) is 0.267. The summed E-state index contributed by atoms with van der Waals surface area (Å²) < 4.78 is 1.99. The van der Waals surface area contributed by atoms with Gasteiger partial charge in [-0.1, -0.05) is 18.2 Å². The van der Waals surface area contributed by atoms with Gasteiger partial charge in [-0.05, 0) is 19.9 Å². The predicted molar refractivity (Wildman–Crippen MR) is 78.0 cm³/mol. The maximum absolute atomic E-state index is 5.63. The second-order valence-electron chi connectivity index (χ2n) is 4.81. The maximum Gasteiger partial charge on any atom is 0.0675 e. The van der Waals surface area contributed by atoms with E-state index in [4.69, 9.17) is 5.73 Å². The molecule has 98 valence electrons. The van der Waals surface area contributed by atoms with E-state index in [0.29, 0.717) is 6.54 Å². The topological polar surface area (TPSA) is 59.6 Å². The van der Waals surface area contributed by atoms with Crippen molar-refractivity contribution in [3.63, 3.8) is 0 Å². The smallest absolute Gasteiger partial charge is 0.0675 e. The number of hydrogen-bond donors (Lipinski definition) is 2. The van der Waals surface area contributed by atoms with Crippen LogP contribution in [0.25, 0.3) is 22.0 Å². The first-order valence-electron chi connectivity index (χ1n) is 6.53. The normalized spacial score (nSPS) is 11.3. The Hall–Kier alpha value is -2.07. The summed E-state index contributed by atoms with van der Waals surface area (Å²) in [5.41, 5.74) is 11.4. The van der Waals surface area contributed by atoms with Gasteiger partial charge in [0.25, 0.3) is 0 Å². The number of benzene rings is 1. The molecule has 0 aliphatic carbocycles. The molecule has 1 aromatic carbocycles. The Morgan fingerprint density at radius 2 is 2.05 bits per heavy atom. The zero-order valence-corrected chi connectivity index (χ0v) is 11.3. The Labute approximate surface area is 112 Å². The summed E-state index contributed by atoms with van der Waals surface area (Å²) in [6.07, 6.45) is 2.06. The molecule has 0 bridgehead atoms. The van der Waals surface area contributed by atoms with E-state index in [1.807, 2.05) is 10.7 Å². The number of fused-ring (bicyclic) bond motifs is 1. The first kappa shape index (κ1) is 12.0. The lowest BCUT2D eigenvalue weighted by Gasteiger charge is -2.03. The minimum Gasteiger partial charge on any atom is -0.361 e. The number of para-hydroxylation sites is 1. The second kappa shape index (κ2) is 4.55. The number of nitrogens with two attached hydrogens (primary N) is 1. The van der Waals surface area contributed by atoms with Crippen LogP contribution in [0.15, 0.2) is 30.5 Å². The van der Waals surface area contributed by atoms with Crippen molar-refractivity contribution in [1.29, 1.82) is 0 Å². The molecule has 0 atom stereocenters. The van der Waals surface area contributed by atoms with Gasteiger partial charge in [-0.25, -0.2) is 0 Å². The van der Waals surface area contributed by atoms with Crippen LogP contribution in [-0.4, -0.2) is 21.3 Å². The highest BCUT2D eigenvalue weighted by Gasteiger charge is 2.16. The number of H-pyrrole nitrogens is 1. The Morgan fingerprint density at radius 1 is 1.26 bits per heavy atom. The number of aryl methyl sites for hydroxylation is 1. The van der Waals surface area contributed by atoms with Gasteiger partial charge in [-0.3, -0.25) is 4.68 Å². The molecule has 0 aliphatic heterocycles. The standard InChI is InChI=1S/C15H18N4/c1-10-15(11(2)19(18-10)8-7-16)13-9-17-14-6-4-3-5-12(13)14/h3-6,9,17H,7-8,16H2,1-2H3. The molecule has 0 fully saturated rings. The highest BCUT2D eigenvalue weighted by Crippen LogP contribution is 2.32. The van der Waals surface area contributed by atoms with Crippen LogP contribution in [0.4, 0.5) is 0 Å². The van der Waals surface area contributed by atoms with Crippen LogP contribution >= 0.6 is 0 Å². The zero-order chi connectivity index (χ0) is 13.4. The van der Waals surface area contributed by atoms with Crippen molar-refractivity contribution < 1.29 is 0 Å². The summed E-state index contributed by atoms with van der Waals surface area (Å²) in [4.78, 5) is 3.32. The Bertz CT molecular complexity index is 721. The third kappa shape index (κ3) is 1.85. The average molecular weight is 254 g/mol. The number of nitrogens with zero attached hydrogens (tertiary/aromatic N) is 2. The number of aromatic nitrogens is 3. The number of aromatic amines is 1. The van der Waals surface area contributed by atoms with Crippen molar-refractivity contribution >= 4 is 10.9 Å². The molecule has 3 aromatic rings. The van der Waals surface area contributed by atoms with Crippen LogP contribution in [0, 0.1) is 13.8 Å². The van der Waals surface area contributed by atoms with Crippen LogP contribution in [0.1, 0.15) is 11.4 Å². The van der Waals surface area contributed by atoms with Gasteiger partial charge in [-0.2, -0.15) is 5.10 Å². The first-order valence-corrected chi connectivity index (χ1v) is 6.53. The fourth-order valence-electron chi connectivity index (χ4n) is 2.71. The van der Waals surface area contributed by atoms with Gasteiger partial charge < -0.3 is 10.7 Å². The number of hydrogen-bond acceptors (Lipinski definition) is 2. The zero-order valence-electron chi connectivity index (χ0n) is 11.3. The quantitative estimate of drug-likeness (QED) is 0.754. The molecule has 19 heavy (non-hydrogen) atoms. The monoisotopic (exact) mass is 254 g/mol. The molecular formula is C15H18N4. The first-order chi connectivity index (χ1) is 9.22. The molecular weight excluding hydrogens is 236 g/mol. The van der Waals surface area contributed by atoms with Crippen molar-refractivity contribution in [3.8, 4) is 11.1 Å². The predicted octanol–water partition coefficient (Wildman–Crippen LogP) is 2.61. The lowest BCUT2D eigenvalue weighted by Crippen LogP contribution is -2.12. The Balaban J connectivity index is 2.21. The average Bonchev–Trinajstić information content (AvgIpc) is 2.93. The molecule has 0 saturated heterocycles. The molecule has 0 unspecified atom stereocenters. The molecule has 0 saturated carbocycles. The molecule has 4 heteroatoms. The van der Waals surface area contributed by atoms with Crippen LogP contribution < -0.4 is 5.73 Å². The molecule has 0 spiro atoms. The van der Waals surface area contributed by atoms with Crippen molar-refractivity contribution in [2.24, 2.45) is 5.73 Å². The van der Waals surface area contributed by atoms with Crippen molar-refractivity contribution in [2.45, 2.75) is 20.4 Å². The Morgan fingerprint density at radius 3 is 2.84 bits per heavy atom. The van der Waals surface area contributed by atoms with E-state index in [9.17, 15) is 0 Å². The third-order valence-corrected chi connectivity index (χ3v) is 3.58. The van der Waals surface area contributed by atoms with E-state index >= 15 is 0 Å². The number of nitrogens with one attached hydrogen (secondary N) is 1. The largest absolute Gasteiger partial charge is 0.361 e. The van der Waals surface area contributed by atoms with Gasteiger partial charge in [0.2, 0.25) is 0 Å². The summed E-state index contributed by atoms with van der Waals surface area (Å²) in [6.45, 7) is 5.52. The molecule has 2 heterocycles. The lowest BCUT2D eigenvalue weighted by molar-refractivity contribution is 0.604. The van der Waals surface area contributed by atoms with Crippen molar-refractivity contribution in [1.82, 2.24) is 14.8 Å².